The van der Waals surface area contributed by atoms with Crippen LogP contribution in [0.4, 0.5) is 0 Å². The molecule has 1 saturated carbocycles. The van der Waals surface area contributed by atoms with Crippen LogP contribution in [0.25, 0.3) is 10.9 Å². The maximum Gasteiger partial charge on any atom is 0.0709 e. The number of fused-ring (bicyclic) bond motifs is 1. The van der Waals surface area contributed by atoms with Crippen LogP contribution in [0.15, 0.2) is 24.3 Å². The SMILES string of the molecule is CCn1nc(CC2(CCl)CCC2)c2ccccc21. The second-order valence-corrected chi connectivity index (χ2v) is 5.71. The highest BCUT2D eigenvalue weighted by atomic mass is 35.5. The summed E-state index contributed by atoms with van der Waals surface area (Å²) in [5.74, 6) is 0.764. The molecule has 0 spiro atoms. The molecule has 0 atom stereocenters. The number of hydrogen-bond donors (Lipinski definition) is 0. The molecule has 0 radical (unpaired) electrons. The summed E-state index contributed by atoms with van der Waals surface area (Å²) in [6.45, 7) is 3.07. The van der Waals surface area contributed by atoms with E-state index in [9.17, 15) is 0 Å². The highest BCUT2D eigenvalue weighted by Crippen LogP contribution is 2.45. The summed E-state index contributed by atoms with van der Waals surface area (Å²) >= 11 is 6.17. The van der Waals surface area contributed by atoms with Gasteiger partial charge in [-0.1, -0.05) is 24.6 Å². The fourth-order valence-corrected chi connectivity index (χ4v) is 3.32. The second kappa shape index (κ2) is 4.58. The van der Waals surface area contributed by atoms with Crippen LogP contribution in [0.3, 0.4) is 0 Å². The minimum absolute atomic E-state index is 0.317. The molecule has 2 nitrogen and oxygen atoms in total. The first-order valence-corrected chi connectivity index (χ1v) is 7.32. The van der Waals surface area contributed by atoms with Crippen molar-refractivity contribution in [2.75, 3.05) is 5.88 Å². The van der Waals surface area contributed by atoms with E-state index in [1.807, 2.05) is 0 Å². The van der Waals surface area contributed by atoms with Gasteiger partial charge in [-0.15, -0.1) is 11.6 Å². The van der Waals surface area contributed by atoms with Crippen LogP contribution in [0.5, 0.6) is 0 Å². The van der Waals surface area contributed by atoms with Crippen molar-refractivity contribution in [2.45, 2.75) is 39.2 Å². The molecule has 0 amide bonds. The van der Waals surface area contributed by atoms with Crippen LogP contribution in [-0.4, -0.2) is 15.7 Å². The van der Waals surface area contributed by atoms with Gasteiger partial charge < -0.3 is 0 Å². The van der Waals surface area contributed by atoms with Crippen molar-refractivity contribution in [3.63, 3.8) is 0 Å². The molecular formula is C15H19ClN2. The molecule has 96 valence electrons. The third-order valence-corrected chi connectivity index (χ3v) is 4.84. The van der Waals surface area contributed by atoms with Gasteiger partial charge in [0.2, 0.25) is 0 Å². The maximum absolute atomic E-state index is 6.17. The first-order valence-electron chi connectivity index (χ1n) is 6.78. The molecule has 1 aliphatic rings. The number of para-hydroxylation sites is 1. The molecule has 1 fully saturated rings. The van der Waals surface area contributed by atoms with E-state index in [2.05, 4.69) is 35.9 Å². The highest BCUT2D eigenvalue weighted by Gasteiger charge is 2.37. The van der Waals surface area contributed by atoms with Gasteiger partial charge in [0.05, 0.1) is 11.2 Å². The lowest BCUT2D eigenvalue weighted by molar-refractivity contribution is 0.164. The summed E-state index contributed by atoms with van der Waals surface area (Å²) in [5.41, 5.74) is 2.80. The van der Waals surface area contributed by atoms with E-state index in [1.54, 1.807) is 0 Å². The van der Waals surface area contributed by atoms with Gasteiger partial charge in [-0.3, -0.25) is 4.68 Å². The minimum Gasteiger partial charge on any atom is -0.265 e. The van der Waals surface area contributed by atoms with Crippen LogP contribution in [-0.2, 0) is 13.0 Å². The average Bonchev–Trinajstić information content (AvgIpc) is 2.72. The Kier molecular flexibility index (Phi) is 3.06. The van der Waals surface area contributed by atoms with Gasteiger partial charge in [0.15, 0.2) is 0 Å². The van der Waals surface area contributed by atoms with Gasteiger partial charge in [0.25, 0.3) is 0 Å². The van der Waals surface area contributed by atoms with Crippen molar-refractivity contribution < 1.29 is 0 Å². The Hall–Kier alpha value is -1.02. The third-order valence-electron chi connectivity index (χ3n) is 4.27. The zero-order valence-corrected chi connectivity index (χ0v) is 11.6. The summed E-state index contributed by atoms with van der Waals surface area (Å²) in [6.07, 6.45) is 4.86. The van der Waals surface area contributed by atoms with Crippen molar-refractivity contribution in [3.8, 4) is 0 Å². The molecule has 0 unspecified atom stereocenters. The van der Waals surface area contributed by atoms with E-state index in [0.29, 0.717) is 5.41 Å². The number of aryl methyl sites for hydroxylation is 1. The lowest BCUT2D eigenvalue weighted by atomic mass is 9.67. The van der Waals surface area contributed by atoms with Gasteiger partial charge in [-0.2, -0.15) is 5.10 Å². The lowest BCUT2D eigenvalue weighted by Gasteiger charge is -2.40. The molecular weight excluding hydrogens is 244 g/mol. The second-order valence-electron chi connectivity index (χ2n) is 5.44. The summed E-state index contributed by atoms with van der Waals surface area (Å²) in [4.78, 5) is 0. The topological polar surface area (TPSA) is 17.8 Å². The van der Waals surface area contributed by atoms with Crippen LogP contribution in [0, 0.1) is 5.41 Å². The van der Waals surface area contributed by atoms with E-state index >= 15 is 0 Å². The molecule has 0 N–H and O–H groups in total. The van der Waals surface area contributed by atoms with E-state index in [4.69, 9.17) is 16.7 Å². The Morgan fingerprint density at radius 1 is 1.33 bits per heavy atom. The standard InChI is InChI=1S/C15H19ClN2/c1-2-18-14-7-4-3-6-12(14)13(17-18)10-15(11-16)8-5-9-15/h3-4,6-7H,2,5,8-11H2,1H3. The Balaban J connectivity index is 2.01. The fourth-order valence-electron chi connectivity index (χ4n) is 2.96. The van der Waals surface area contributed by atoms with Crippen LogP contribution >= 0.6 is 11.6 Å². The molecule has 1 aliphatic carbocycles. The number of alkyl halides is 1. The van der Waals surface area contributed by atoms with Crippen molar-refractivity contribution >= 4 is 22.5 Å². The molecule has 18 heavy (non-hydrogen) atoms. The van der Waals surface area contributed by atoms with Crippen molar-refractivity contribution in [1.29, 1.82) is 0 Å². The third kappa shape index (κ3) is 1.83. The van der Waals surface area contributed by atoms with Crippen molar-refractivity contribution in [1.82, 2.24) is 9.78 Å². The number of halogens is 1. The Morgan fingerprint density at radius 3 is 2.72 bits per heavy atom. The normalized spacial score (nSPS) is 17.9. The fraction of sp³-hybridized carbons (Fsp3) is 0.533. The Bertz CT molecular complexity index is 549. The smallest absolute Gasteiger partial charge is 0.0709 e. The van der Waals surface area contributed by atoms with Gasteiger partial charge in [-0.25, -0.2) is 0 Å². The molecule has 3 rings (SSSR count). The van der Waals surface area contributed by atoms with E-state index in [-0.39, 0.29) is 0 Å². The zero-order chi connectivity index (χ0) is 12.6. The molecule has 3 heteroatoms. The van der Waals surface area contributed by atoms with Crippen LogP contribution < -0.4 is 0 Å². The number of nitrogens with zero attached hydrogens (tertiary/aromatic N) is 2. The first-order chi connectivity index (χ1) is 8.78. The molecule has 1 heterocycles. The molecule has 1 aromatic carbocycles. The summed E-state index contributed by atoms with van der Waals surface area (Å²) in [6, 6.07) is 8.52. The summed E-state index contributed by atoms with van der Waals surface area (Å²) in [7, 11) is 0. The van der Waals surface area contributed by atoms with E-state index < -0.39 is 0 Å². The minimum atomic E-state index is 0.317. The summed E-state index contributed by atoms with van der Waals surface area (Å²) < 4.78 is 2.10. The summed E-state index contributed by atoms with van der Waals surface area (Å²) in [5, 5.41) is 6.08. The molecule has 0 aliphatic heterocycles. The van der Waals surface area contributed by atoms with E-state index in [0.717, 1.165) is 18.8 Å². The predicted molar refractivity (Wildman–Crippen MR) is 76.1 cm³/mol. The quantitative estimate of drug-likeness (QED) is 0.762. The number of hydrogen-bond acceptors (Lipinski definition) is 1. The van der Waals surface area contributed by atoms with Gasteiger partial charge >= 0.3 is 0 Å². The van der Waals surface area contributed by atoms with E-state index in [1.165, 1.54) is 35.9 Å². The number of aromatic nitrogens is 2. The van der Waals surface area contributed by atoms with Gasteiger partial charge in [0.1, 0.15) is 0 Å². The Labute approximate surface area is 113 Å². The highest BCUT2D eigenvalue weighted by molar-refractivity contribution is 6.18. The Morgan fingerprint density at radius 2 is 2.11 bits per heavy atom. The largest absolute Gasteiger partial charge is 0.265 e. The van der Waals surface area contributed by atoms with Crippen molar-refractivity contribution in [2.24, 2.45) is 5.41 Å². The molecule has 0 bridgehead atoms. The van der Waals surface area contributed by atoms with Gasteiger partial charge in [-0.05, 0) is 37.7 Å². The lowest BCUT2D eigenvalue weighted by Crippen LogP contribution is -2.33. The predicted octanol–water partition coefficient (Wildman–Crippen LogP) is 4.01. The average molecular weight is 263 g/mol. The monoisotopic (exact) mass is 262 g/mol. The zero-order valence-electron chi connectivity index (χ0n) is 10.8. The van der Waals surface area contributed by atoms with Crippen LogP contribution in [0.2, 0.25) is 0 Å². The van der Waals surface area contributed by atoms with Gasteiger partial charge in [0, 0.05) is 17.8 Å². The molecule has 2 aromatic rings. The number of benzene rings is 1. The molecule has 1 aromatic heterocycles. The number of rotatable bonds is 4. The van der Waals surface area contributed by atoms with Crippen LogP contribution in [0.1, 0.15) is 31.9 Å². The first kappa shape index (κ1) is 12.0. The van der Waals surface area contributed by atoms with Crippen molar-refractivity contribution in [3.05, 3.63) is 30.0 Å². The maximum atomic E-state index is 6.17. The molecule has 0 saturated heterocycles.